The first kappa shape index (κ1) is 13.7. The van der Waals surface area contributed by atoms with Gasteiger partial charge in [-0.3, -0.25) is 0 Å². The predicted molar refractivity (Wildman–Crippen MR) is 90.6 cm³/mol. The zero-order chi connectivity index (χ0) is 13.9. The Kier molecular flexibility index (Phi) is 4.10. The van der Waals surface area contributed by atoms with Crippen molar-refractivity contribution in [2.75, 3.05) is 5.73 Å². The van der Waals surface area contributed by atoms with Crippen molar-refractivity contribution in [3.63, 3.8) is 0 Å². The number of thiazole rings is 1. The Hall–Kier alpha value is -1.30. The van der Waals surface area contributed by atoms with Gasteiger partial charge in [0, 0.05) is 32.7 Å². The third-order valence-electron chi connectivity index (χ3n) is 2.86. The van der Waals surface area contributed by atoms with Crippen LogP contribution in [0.2, 0.25) is 0 Å². The van der Waals surface area contributed by atoms with E-state index in [0.717, 1.165) is 27.0 Å². The molecule has 3 aromatic rings. The number of hydrogen-bond acceptors (Lipinski definition) is 5. The van der Waals surface area contributed by atoms with Crippen molar-refractivity contribution in [1.82, 2.24) is 4.98 Å². The minimum absolute atomic E-state index is 0.842. The molecule has 1 aromatic carbocycles. The number of thiophene rings is 1. The number of nitrogens with zero attached hydrogens (tertiary/aromatic N) is 1. The van der Waals surface area contributed by atoms with Crippen molar-refractivity contribution in [3.05, 3.63) is 51.7 Å². The average Bonchev–Trinajstić information content (AvgIpc) is 3.09. The number of anilines is 1. The second-order valence-corrected chi connectivity index (χ2v) is 7.14. The molecule has 0 bridgehead atoms. The maximum atomic E-state index is 6.00. The third kappa shape index (κ3) is 3.06. The molecule has 0 fully saturated rings. The van der Waals surface area contributed by atoms with Crippen LogP contribution >= 0.6 is 34.4 Å². The highest BCUT2D eigenvalue weighted by Gasteiger charge is 2.07. The minimum Gasteiger partial charge on any atom is -0.398 e. The topological polar surface area (TPSA) is 38.9 Å². The number of thioether (sulfide) groups is 1. The SMILES string of the molecule is Cc1ccc(N)c(SCc2csc(-c3ccsc3)n2)c1. The molecule has 2 aromatic heterocycles. The van der Waals surface area contributed by atoms with Gasteiger partial charge >= 0.3 is 0 Å². The quantitative estimate of drug-likeness (QED) is 0.540. The minimum atomic E-state index is 0.842. The summed E-state index contributed by atoms with van der Waals surface area (Å²) in [5.41, 5.74) is 10.4. The smallest absolute Gasteiger partial charge is 0.124 e. The van der Waals surface area contributed by atoms with Gasteiger partial charge in [0.1, 0.15) is 5.01 Å². The van der Waals surface area contributed by atoms with E-state index in [-0.39, 0.29) is 0 Å². The first-order valence-electron chi connectivity index (χ1n) is 6.18. The fraction of sp³-hybridized carbons (Fsp3) is 0.133. The van der Waals surface area contributed by atoms with E-state index in [1.54, 1.807) is 34.4 Å². The molecule has 2 nitrogen and oxygen atoms in total. The molecule has 0 radical (unpaired) electrons. The van der Waals surface area contributed by atoms with E-state index in [4.69, 9.17) is 5.73 Å². The van der Waals surface area contributed by atoms with Crippen molar-refractivity contribution >= 4 is 40.1 Å². The molecule has 0 amide bonds. The van der Waals surface area contributed by atoms with Gasteiger partial charge in [0.25, 0.3) is 0 Å². The van der Waals surface area contributed by atoms with Crippen LogP contribution in [0.4, 0.5) is 5.69 Å². The van der Waals surface area contributed by atoms with E-state index < -0.39 is 0 Å². The zero-order valence-corrected chi connectivity index (χ0v) is 13.4. The van der Waals surface area contributed by atoms with Crippen LogP contribution in [0.15, 0.2) is 45.3 Å². The summed E-state index contributed by atoms with van der Waals surface area (Å²) in [6.07, 6.45) is 0. The van der Waals surface area contributed by atoms with Crippen molar-refractivity contribution in [1.29, 1.82) is 0 Å². The third-order valence-corrected chi connectivity index (χ3v) is 5.59. The highest BCUT2D eigenvalue weighted by atomic mass is 32.2. The Bertz CT molecular complexity index is 702. The van der Waals surface area contributed by atoms with Crippen molar-refractivity contribution < 1.29 is 0 Å². The van der Waals surface area contributed by atoms with Crippen molar-refractivity contribution in [2.45, 2.75) is 17.6 Å². The normalized spacial score (nSPS) is 10.8. The number of nitrogen functional groups attached to an aromatic ring is 1. The summed E-state index contributed by atoms with van der Waals surface area (Å²) in [5.74, 6) is 0.855. The average molecular weight is 318 g/mol. The largest absolute Gasteiger partial charge is 0.398 e. The lowest BCUT2D eigenvalue weighted by molar-refractivity contribution is 1.23. The van der Waals surface area contributed by atoms with Crippen LogP contribution < -0.4 is 5.73 Å². The lowest BCUT2D eigenvalue weighted by Gasteiger charge is -2.05. The number of aromatic nitrogens is 1. The Labute approximate surface area is 130 Å². The van der Waals surface area contributed by atoms with Gasteiger partial charge in [-0.1, -0.05) is 6.07 Å². The van der Waals surface area contributed by atoms with Crippen molar-refractivity contribution in [2.24, 2.45) is 0 Å². The molecule has 3 rings (SSSR count). The van der Waals surface area contributed by atoms with Gasteiger partial charge < -0.3 is 5.73 Å². The summed E-state index contributed by atoms with van der Waals surface area (Å²) in [7, 11) is 0. The first-order chi connectivity index (χ1) is 9.72. The highest BCUT2D eigenvalue weighted by molar-refractivity contribution is 7.98. The molecule has 0 saturated carbocycles. The molecule has 0 saturated heterocycles. The van der Waals surface area contributed by atoms with Crippen LogP contribution in [0.25, 0.3) is 10.6 Å². The summed E-state index contributed by atoms with van der Waals surface area (Å²) in [4.78, 5) is 5.82. The maximum Gasteiger partial charge on any atom is 0.124 e. The van der Waals surface area contributed by atoms with Gasteiger partial charge in [-0.05, 0) is 36.1 Å². The molecule has 20 heavy (non-hydrogen) atoms. The van der Waals surface area contributed by atoms with E-state index >= 15 is 0 Å². The van der Waals surface area contributed by atoms with E-state index in [1.807, 2.05) is 12.1 Å². The second-order valence-electron chi connectivity index (χ2n) is 4.49. The molecule has 102 valence electrons. The molecule has 5 heteroatoms. The Balaban J connectivity index is 1.71. The summed E-state index contributed by atoms with van der Waals surface area (Å²) in [5, 5.41) is 7.44. The van der Waals surface area contributed by atoms with Gasteiger partial charge in [0.15, 0.2) is 0 Å². The summed E-state index contributed by atoms with van der Waals surface area (Å²) in [6, 6.07) is 8.25. The second kappa shape index (κ2) is 5.99. The molecular formula is C15H14N2S3. The summed E-state index contributed by atoms with van der Waals surface area (Å²) >= 11 is 5.15. The molecular weight excluding hydrogens is 304 g/mol. The molecule has 0 atom stereocenters. The molecule has 2 heterocycles. The maximum absolute atomic E-state index is 6.00. The molecule has 0 spiro atoms. The van der Waals surface area contributed by atoms with Crippen molar-refractivity contribution in [3.8, 4) is 10.6 Å². The lowest BCUT2D eigenvalue weighted by atomic mass is 10.2. The van der Waals surface area contributed by atoms with E-state index in [1.165, 1.54) is 11.1 Å². The fourth-order valence-electron chi connectivity index (χ4n) is 1.81. The Morgan fingerprint density at radius 2 is 2.15 bits per heavy atom. The van der Waals surface area contributed by atoms with Crippen LogP contribution in [0.1, 0.15) is 11.3 Å². The van der Waals surface area contributed by atoms with Crippen LogP contribution in [0.3, 0.4) is 0 Å². The van der Waals surface area contributed by atoms with Gasteiger partial charge in [-0.2, -0.15) is 11.3 Å². The van der Waals surface area contributed by atoms with Crippen LogP contribution in [0, 0.1) is 6.92 Å². The fourth-order valence-corrected chi connectivity index (χ4v) is 4.40. The summed E-state index contributed by atoms with van der Waals surface area (Å²) < 4.78 is 0. The zero-order valence-electron chi connectivity index (χ0n) is 11.0. The van der Waals surface area contributed by atoms with Gasteiger partial charge in [-0.25, -0.2) is 4.98 Å². The van der Waals surface area contributed by atoms with Crippen LogP contribution in [-0.2, 0) is 5.75 Å². The summed E-state index contributed by atoms with van der Waals surface area (Å²) in [6.45, 7) is 2.08. The highest BCUT2D eigenvalue weighted by Crippen LogP contribution is 2.31. The number of rotatable bonds is 4. The number of aryl methyl sites for hydroxylation is 1. The van der Waals surface area contributed by atoms with Crippen LogP contribution in [-0.4, -0.2) is 4.98 Å². The molecule has 0 aliphatic rings. The monoisotopic (exact) mass is 318 g/mol. The number of nitrogens with two attached hydrogens (primary N) is 1. The van der Waals surface area contributed by atoms with Gasteiger partial charge in [0.2, 0.25) is 0 Å². The number of benzene rings is 1. The van der Waals surface area contributed by atoms with Gasteiger partial charge in [-0.15, -0.1) is 23.1 Å². The van der Waals surface area contributed by atoms with Gasteiger partial charge in [0.05, 0.1) is 5.69 Å². The lowest BCUT2D eigenvalue weighted by Crippen LogP contribution is -1.90. The number of hydrogen-bond donors (Lipinski definition) is 1. The molecule has 2 N–H and O–H groups in total. The van der Waals surface area contributed by atoms with E-state index in [0.29, 0.717) is 0 Å². The van der Waals surface area contributed by atoms with E-state index in [2.05, 4.69) is 40.2 Å². The van der Waals surface area contributed by atoms with E-state index in [9.17, 15) is 0 Å². The Morgan fingerprint density at radius 3 is 2.95 bits per heavy atom. The first-order valence-corrected chi connectivity index (χ1v) is 8.99. The standard InChI is InChI=1S/C15H14N2S3/c1-10-2-3-13(16)14(6-10)19-8-12-9-20-15(17-12)11-4-5-18-7-11/h2-7,9H,8,16H2,1H3. The molecule has 0 unspecified atom stereocenters. The van der Waals surface area contributed by atoms with Crippen LogP contribution in [0.5, 0.6) is 0 Å². The Morgan fingerprint density at radius 1 is 1.25 bits per heavy atom. The molecule has 0 aliphatic heterocycles. The molecule has 0 aliphatic carbocycles. The predicted octanol–water partition coefficient (Wildman–Crippen LogP) is 5.05.